The minimum Gasteiger partial charge on any atom is -0.449 e. The standard InChI is InChI=1S/C21H29N3O5/c1-16(20(25)23-13-7-4-8-14-23)29-21(26)17-9-10-18(19(15-17)24(27)28)22-11-5-2-3-6-12-22/h9-10,15-16H,2-8,11-14H2,1H3/t16-/m1/s1. The fraction of sp³-hybridized carbons (Fsp3) is 0.619. The monoisotopic (exact) mass is 403 g/mol. The maximum atomic E-state index is 12.5. The molecule has 2 aliphatic heterocycles. The van der Waals surface area contributed by atoms with Gasteiger partial charge in [0.15, 0.2) is 6.10 Å². The van der Waals surface area contributed by atoms with E-state index in [-0.39, 0.29) is 17.2 Å². The molecule has 8 nitrogen and oxygen atoms in total. The van der Waals surface area contributed by atoms with Crippen LogP contribution in [0, 0.1) is 10.1 Å². The van der Waals surface area contributed by atoms with Gasteiger partial charge < -0.3 is 14.5 Å². The summed E-state index contributed by atoms with van der Waals surface area (Å²) in [5.74, 6) is -0.929. The van der Waals surface area contributed by atoms with Gasteiger partial charge in [-0.2, -0.15) is 0 Å². The van der Waals surface area contributed by atoms with E-state index in [1.165, 1.54) is 6.07 Å². The number of amides is 1. The van der Waals surface area contributed by atoms with E-state index in [1.807, 2.05) is 4.90 Å². The van der Waals surface area contributed by atoms with Crippen molar-refractivity contribution in [1.82, 2.24) is 4.90 Å². The Morgan fingerprint density at radius 3 is 2.21 bits per heavy atom. The molecule has 8 heteroatoms. The Balaban J connectivity index is 1.72. The number of nitro groups is 1. The first kappa shape index (κ1) is 21.1. The molecular formula is C21H29N3O5. The highest BCUT2D eigenvalue weighted by Gasteiger charge is 2.27. The first-order valence-corrected chi connectivity index (χ1v) is 10.5. The van der Waals surface area contributed by atoms with Gasteiger partial charge in [0.05, 0.1) is 10.5 Å². The van der Waals surface area contributed by atoms with E-state index in [2.05, 4.69) is 0 Å². The molecule has 0 spiro atoms. The molecule has 158 valence electrons. The molecular weight excluding hydrogens is 374 g/mol. The van der Waals surface area contributed by atoms with Gasteiger partial charge in [-0.25, -0.2) is 4.79 Å². The fourth-order valence-electron chi connectivity index (χ4n) is 4.03. The lowest BCUT2D eigenvalue weighted by Gasteiger charge is -2.29. The zero-order chi connectivity index (χ0) is 20.8. The van der Waals surface area contributed by atoms with E-state index >= 15 is 0 Å². The average Bonchev–Trinajstić information content (AvgIpc) is 3.02. The number of hydrogen-bond donors (Lipinski definition) is 0. The molecule has 0 aliphatic carbocycles. The molecule has 1 atom stereocenters. The number of carbonyl (C=O) groups is 2. The highest BCUT2D eigenvalue weighted by Crippen LogP contribution is 2.31. The van der Waals surface area contributed by atoms with Gasteiger partial charge in [0.2, 0.25) is 0 Å². The molecule has 0 unspecified atom stereocenters. The minimum atomic E-state index is -0.912. The minimum absolute atomic E-state index is 0.0913. The summed E-state index contributed by atoms with van der Waals surface area (Å²) in [5, 5.41) is 11.6. The van der Waals surface area contributed by atoms with Crippen molar-refractivity contribution in [2.45, 2.75) is 58.0 Å². The lowest BCUT2D eigenvalue weighted by Crippen LogP contribution is -2.42. The van der Waals surface area contributed by atoms with Crippen LogP contribution in [0.15, 0.2) is 18.2 Å². The molecule has 0 bridgehead atoms. The van der Waals surface area contributed by atoms with E-state index in [0.717, 1.165) is 58.0 Å². The van der Waals surface area contributed by atoms with Crippen LogP contribution in [-0.2, 0) is 9.53 Å². The molecule has 0 saturated carbocycles. The van der Waals surface area contributed by atoms with Crippen LogP contribution >= 0.6 is 0 Å². The second kappa shape index (κ2) is 9.71. The van der Waals surface area contributed by atoms with Crippen LogP contribution < -0.4 is 4.90 Å². The van der Waals surface area contributed by atoms with Crippen molar-refractivity contribution in [3.05, 3.63) is 33.9 Å². The van der Waals surface area contributed by atoms with Crippen molar-refractivity contribution in [1.29, 1.82) is 0 Å². The van der Waals surface area contributed by atoms with Crippen molar-refractivity contribution in [2.75, 3.05) is 31.1 Å². The molecule has 1 aromatic carbocycles. The summed E-state index contributed by atoms with van der Waals surface area (Å²) < 4.78 is 5.33. The Bertz CT molecular complexity index is 753. The Morgan fingerprint density at radius 2 is 1.59 bits per heavy atom. The number of esters is 1. The molecule has 0 radical (unpaired) electrons. The number of ether oxygens (including phenoxy) is 1. The number of piperidine rings is 1. The van der Waals surface area contributed by atoms with E-state index in [1.54, 1.807) is 24.0 Å². The van der Waals surface area contributed by atoms with E-state index in [4.69, 9.17) is 4.74 Å². The van der Waals surface area contributed by atoms with Gasteiger partial charge in [-0.05, 0) is 51.2 Å². The lowest BCUT2D eigenvalue weighted by molar-refractivity contribution is -0.384. The molecule has 2 aliphatic rings. The van der Waals surface area contributed by atoms with E-state index in [0.29, 0.717) is 18.8 Å². The zero-order valence-electron chi connectivity index (χ0n) is 17.0. The third-order valence-electron chi connectivity index (χ3n) is 5.65. The quantitative estimate of drug-likeness (QED) is 0.424. The van der Waals surface area contributed by atoms with Crippen LogP contribution in [0.5, 0.6) is 0 Å². The molecule has 1 amide bonds. The van der Waals surface area contributed by atoms with Crippen molar-refractivity contribution in [3.63, 3.8) is 0 Å². The average molecular weight is 403 g/mol. The van der Waals surface area contributed by atoms with Crippen LogP contribution in [-0.4, -0.2) is 54.0 Å². The summed E-state index contributed by atoms with van der Waals surface area (Å²) >= 11 is 0. The molecule has 0 aromatic heterocycles. The highest BCUT2D eigenvalue weighted by molar-refractivity contribution is 5.93. The number of anilines is 1. The zero-order valence-corrected chi connectivity index (χ0v) is 17.0. The predicted octanol–water partition coefficient (Wildman–Crippen LogP) is 3.53. The van der Waals surface area contributed by atoms with Crippen molar-refractivity contribution in [2.24, 2.45) is 0 Å². The molecule has 2 fully saturated rings. The van der Waals surface area contributed by atoms with Gasteiger partial charge in [0.25, 0.3) is 11.6 Å². The Kier molecular flexibility index (Phi) is 7.06. The van der Waals surface area contributed by atoms with Crippen LogP contribution in [0.25, 0.3) is 0 Å². The topological polar surface area (TPSA) is 93.0 Å². The van der Waals surface area contributed by atoms with Crippen LogP contribution in [0.3, 0.4) is 0 Å². The fourth-order valence-corrected chi connectivity index (χ4v) is 4.03. The van der Waals surface area contributed by atoms with Gasteiger partial charge >= 0.3 is 5.97 Å². The Labute approximate surface area is 171 Å². The number of carbonyl (C=O) groups excluding carboxylic acids is 2. The van der Waals surface area contributed by atoms with Crippen molar-refractivity contribution >= 4 is 23.3 Å². The molecule has 0 N–H and O–H groups in total. The second-order valence-corrected chi connectivity index (χ2v) is 7.80. The third kappa shape index (κ3) is 5.25. The first-order chi connectivity index (χ1) is 14.0. The largest absolute Gasteiger partial charge is 0.449 e. The second-order valence-electron chi connectivity index (χ2n) is 7.80. The summed E-state index contributed by atoms with van der Waals surface area (Å²) in [7, 11) is 0. The maximum Gasteiger partial charge on any atom is 0.339 e. The van der Waals surface area contributed by atoms with E-state index in [9.17, 15) is 19.7 Å². The van der Waals surface area contributed by atoms with Crippen LogP contribution in [0.2, 0.25) is 0 Å². The summed E-state index contributed by atoms with van der Waals surface area (Å²) in [5.41, 5.74) is 0.524. The molecule has 2 heterocycles. The molecule has 3 rings (SSSR count). The SMILES string of the molecule is C[C@@H](OC(=O)c1ccc(N2CCCCCC2)c([N+](=O)[O-])c1)C(=O)N1CCCCC1. The summed E-state index contributed by atoms with van der Waals surface area (Å²) in [6.45, 7) is 4.44. The first-order valence-electron chi connectivity index (χ1n) is 10.5. The number of hydrogen-bond acceptors (Lipinski definition) is 6. The number of rotatable bonds is 5. The highest BCUT2D eigenvalue weighted by atomic mass is 16.6. The van der Waals surface area contributed by atoms with Gasteiger partial charge in [-0.15, -0.1) is 0 Å². The van der Waals surface area contributed by atoms with Crippen molar-refractivity contribution < 1.29 is 19.2 Å². The summed E-state index contributed by atoms with van der Waals surface area (Å²) in [4.78, 5) is 39.9. The van der Waals surface area contributed by atoms with Gasteiger partial charge in [0, 0.05) is 32.2 Å². The lowest BCUT2D eigenvalue weighted by atomic mass is 10.1. The number of nitro benzene ring substituents is 1. The van der Waals surface area contributed by atoms with Crippen LogP contribution in [0.1, 0.15) is 62.2 Å². The van der Waals surface area contributed by atoms with Crippen molar-refractivity contribution in [3.8, 4) is 0 Å². The number of benzene rings is 1. The summed E-state index contributed by atoms with van der Waals surface area (Å²) in [6.07, 6.45) is 6.34. The third-order valence-corrected chi connectivity index (χ3v) is 5.65. The summed E-state index contributed by atoms with van der Waals surface area (Å²) in [6, 6.07) is 4.44. The molecule has 29 heavy (non-hydrogen) atoms. The van der Waals surface area contributed by atoms with Gasteiger partial charge in [-0.1, -0.05) is 12.8 Å². The Morgan fingerprint density at radius 1 is 1.00 bits per heavy atom. The number of likely N-dealkylation sites (tertiary alicyclic amines) is 1. The van der Waals surface area contributed by atoms with Gasteiger partial charge in [-0.3, -0.25) is 14.9 Å². The number of nitrogens with zero attached hydrogens (tertiary/aromatic N) is 3. The van der Waals surface area contributed by atoms with Crippen LogP contribution in [0.4, 0.5) is 11.4 Å². The molecule has 2 saturated heterocycles. The smallest absolute Gasteiger partial charge is 0.339 e. The molecule has 1 aromatic rings. The van der Waals surface area contributed by atoms with Gasteiger partial charge in [0.1, 0.15) is 5.69 Å². The predicted molar refractivity (Wildman–Crippen MR) is 109 cm³/mol. The Hall–Kier alpha value is -2.64. The maximum absolute atomic E-state index is 12.5. The van der Waals surface area contributed by atoms with E-state index < -0.39 is 17.0 Å². The normalized spacial score (nSPS) is 18.7.